The summed E-state index contributed by atoms with van der Waals surface area (Å²) in [5, 5.41) is 6.75. The fraction of sp³-hybridized carbons (Fsp3) is 0.611. The molecule has 2 N–H and O–H groups in total. The van der Waals surface area contributed by atoms with Gasteiger partial charge in [-0.3, -0.25) is 4.79 Å². The summed E-state index contributed by atoms with van der Waals surface area (Å²) < 4.78 is 0. The molecule has 3 nitrogen and oxygen atoms in total. The van der Waals surface area contributed by atoms with Gasteiger partial charge in [-0.2, -0.15) is 0 Å². The van der Waals surface area contributed by atoms with Crippen molar-refractivity contribution in [3.63, 3.8) is 0 Å². The van der Waals surface area contributed by atoms with Gasteiger partial charge in [-0.15, -0.1) is 0 Å². The first-order valence-corrected chi connectivity index (χ1v) is 8.29. The zero-order chi connectivity index (χ0) is 14.7. The van der Waals surface area contributed by atoms with Crippen molar-refractivity contribution < 1.29 is 4.79 Å². The normalized spacial score (nSPS) is 28.2. The Hall–Kier alpha value is -1.35. The molecule has 1 aliphatic heterocycles. The van der Waals surface area contributed by atoms with E-state index in [9.17, 15) is 4.79 Å². The number of amides is 1. The first-order chi connectivity index (χ1) is 10.2. The van der Waals surface area contributed by atoms with Gasteiger partial charge in [0.15, 0.2) is 0 Å². The molecule has 2 fully saturated rings. The minimum atomic E-state index is -0.293. The van der Waals surface area contributed by atoms with Crippen LogP contribution in [0.4, 0.5) is 0 Å². The Balaban J connectivity index is 1.79. The highest BCUT2D eigenvalue weighted by Crippen LogP contribution is 2.41. The van der Waals surface area contributed by atoms with Gasteiger partial charge in [0.05, 0.1) is 5.41 Å². The van der Waals surface area contributed by atoms with E-state index in [0.717, 1.165) is 45.2 Å². The number of nitrogens with one attached hydrogen (secondary N) is 2. The number of benzene rings is 1. The molecule has 1 saturated heterocycles. The Morgan fingerprint density at radius 1 is 1.24 bits per heavy atom. The third-order valence-corrected chi connectivity index (χ3v) is 5.36. The van der Waals surface area contributed by atoms with Crippen molar-refractivity contribution >= 4 is 5.91 Å². The summed E-state index contributed by atoms with van der Waals surface area (Å²) in [5.41, 5.74) is 0.898. The molecule has 1 aromatic carbocycles. The van der Waals surface area contributed by atoms with E-state index in [1.54, 1.807) is 0 Å². The van der Waals surface area contributed by atoms with Crippen LogP contribution >= 0.6 is 0 Å². The lowest BCUT2D eigenvalue weighted by molar-refractivity contribution is -0.127. The van der Waals surface area contributed by atoms with Gasteiger partial charge < -0.3 is 10.6 Å². The molecule has 0 aromatic heterocycles. The first-order valence-electron chi connectivity index (χ1n) is 8.29. The summed E-state index contributed by atoms with van der Waals surface area (Å²) in [7, 11) is 0. The van der Waals surface area contributed by atoms with Crippen LogP contribution in [0.5, 0.6) is 0 Å². The van der Waals surface area contributed by atoms with Crippen molar-refractivity contribution in [2.75, 3.05) is 13.1 Å². The van der Waals surface area contributed by atoms with Crippen LogP contribution in [0.1, 0.15) is 44.6 Å². The standard InChI is InChI=1S/C18H26N2O/c1-14-9-12-19-13-16(14)20-17(21)18(10-5-6-11-18)15-7-3-2-4-8-15/h2-4,7-8,14,16,19H,5-6,9-13H2,1H3,(H,20,21). The number of carbonyl (C=O) groups is 1. The van der Waals surface area contributed by atoms with E-state index >= 15 is 0 Å². The molecule has 1 heterocycles. The maximum Gasteiger partial charge on any atom is 0.230 e. The van der Waals surface area contributed by atoms with Crippen LogP contribution < -0.4 is 10.6 Å². The highest BCUT2D eigenvalue weighted by atomic mass is 16.2. The van der Waals surface area contributed by atoms with Crippen molar-refractivity contribution in [3.05, 3.63) is 35.9 Å². The molecule has 3 heteroatoms. The molecule has 1 aromatic rings. The molecule has 0 radical (unpaired) electrons. The van der Waals surface area contributed by atoms with Crippen LogP contribution in [-0.4, -0.2) is 25.0 Å². The molecular formula is C18H26N2O. The third kappa shape index (κ3) is 2.84. The number of hydrogen-bond acceptors (Lipinski definition) is 2. The fourth-order valence-electron chi connectivity index (χ4n) is 3.87. The number of piperidine rings is 1. The Kier molecular flexibility index (Phi) is 4.29. The minimum absolute atomic E-state index is 0.242. The second kappa shape index (κ2) is 6.18. The molecule has 3 rings (SSSR count). The predicted octanol–water partition coefficient (Wildman–Crippen LogP) is 2.61. The quantitative estimate of drug-likeness (QED) is 0.897. The molecule has 2 aliphatic rings. The SMILES string of the molecule is CC1CCNCC1NC(=O)C1(c2ccccc2)CCCC1. The first kappa shape index (κ1) is 14.6. The molecule has 21 heavy (non-hydrogen) atoms. The summed E-state index contributed by atoms with van der Waals surface area (Å²) in [5.74, 6) is 0.802. The highest BCUT2D eigenvalue weighted by molar-refractivity contribution is 5.88. The Bertz CT molecular complexity index is 479. The van der Waals surface area contributed by atoms with Gasteiger partial charge in [-0.25, -0.2) is 0 Å². The zero-order valence-corrected chi connectivity index (χ0v) is 12.9. The van der Waals surface area contributed by atoms with Gasteiger partial charge in [0, 0.05) is 12.6 Å². The molecule has 114 valence electrons. The smallest absolute Gasteiger partial charge is 0.230 e. The van der Waals surface area contributed by atoms with Gasteiger partial charge >= 0.3 is 0 Å². The van der Waals surface area contributed by atoms with Crippen LogP contribution in [0, 0.1) is 5.92 Å². The van der Waals surface area contributed by atoms with E-state index in [1.165, 1.54) is 5.56 Å². The number of hydrogen-bond donors (Lipinski definition) is 2. The lowest BCUT2D eigenvalue weighted by Crippen LogP contribution is -2.54. The highest BCUT2D eigenvalue weighted by Gasteiger charge is 2.43. The van der Waals surface area contributed by atoms with Crippen molar-refractivity contribution in [1.82, 2.24) is 10.6 Å². The largest absolute Gasteiger partial charge is 0.351 e. The Morgan fingerprint density at radius 3 is 2.62 bits per heavy atom. The minimum Gasteiger partial charge on any atom is -0.351 e. The van der Waals surface area contributed by atoms with Crippen molar-refractivity contribution in [3.8, 4) is 0 Å². The maximum atomic E-state index is 13.0. The molecule has 1 amide bonds. The van der Waals surface area contributed by atoms with Crippen LogP contribution in [0.3, 0.4) is 0 Å². The van der Waals surface area contributed by atoms with Crippen LogP contribution in [0.15, 0.2) is 30.3 Å². The summed E-state index contributed by atoms with van der Waals surface area (Å²) in [6.07, 6.45) is 5.42. The molecule has 1 saturated carbocycles. The van der Waals surface area contributed by atoms with Crippen molar-refractivity contribution in [2.24, 2.45) is 5.92 Å². The van der Waals surface area contributed by atoms with Gasteiger partial charge in [0.25, 0.3) is 0 Å². The van der Waals surface area contributed by atoms with Crippen molar-refractivity contribution in [1.29, 1.82) is 0 Å². The maximum absolute atomic E-state index is 13.0. The summed E-state index contributed by atoms with van der Waals surface area (Å²) in [4.78, 5) is 13.0. The average molecular weight is 286 g/mol. The predicted molar refractivity (Wildman–Crippen MR) is 85.2 cm³/mol. The van der Waals surface area contributed by atoms with E-state index in [0.29, 0.717) is 5.92 Å². The van der Waals surface area contributed by atoms with Gasteiger partial charge in [0.1, 0.15) is 0 Å². The summed E-state index contributed by atoms with van der Waals surface area (Å²) in [6.45, 7) is 4.21. The molecular weight excluding hydrogens is 260 g/mol. The second-order valence-electron chi connectivity index (χ2n) is 6.71. The van der Waals surface area contributed by atoms with Crippen LogP contribution in [0.2, 0.25) is 0 Å². The molecule has 1 aliphatic carbocycles. The van der Waals surface area contributed by atoms with Gasteiger partial charge in [0.2, 0.25) is 5.91 Å². The fourth-order valence-corrected chi connectivity index (χ4v) is 3.87. The Morgan fingerprint density at radius 2 is 1.95 bits per heavy atom. The van der Waals surface area contributed by atoms with Gasteiger partial charge in [-0.1, -0.05) is 50.1 Å². The second-order valence-corrected chi connectivity index (χ2v) is 6.71. The average Bonchev–Trinajstić information content (AvgIpc) is 3.01. The van der Waals surface area contributed by atoms with E-state index in [4.69, 9.17) is 0 Å². The van der Waals surface area contributed by atoms with Gasteiger partial charge in [-0.05, 0) is 37.3 Å². The van der Waals surface area contributed by atoms with Crippen LogP contribution in [-0.2, 0) is 10.2 Å². The van der Waals surface area contributed by atoms with E-state index < -0.39 is 0 Å². The number of rotatable bonds is 3. The lowest BCUT2D eigenvalue weighted by Gasteiger charge is -2.35. The topological polar surface area (TPSA) is 41.1 Å². The van der Waals surface area contributed by atoms with E-state index in [1.807, 2.05) is 18.2 Å². The van der Waals surface area contributed by atoms with E-state index in [-0.39, 0.29) is 17.4 Å². The van der Waals surface area contributed by atoms with E-state index in [2.05, 4.69) is 29.7 Å². The monoisotopic (exact) mass is 286 g/mol. The molecule has 0 bridgehead atoms. The Labute approximate surface area is 127 Å². The summed E-state index contributed by atoms with van der Waals surface area (Å²) >= 11 is 0. The molecule has 2 unspecified atom stereocenters. The molecule has 2 atom stereocenters. The molecule has 0 spiro atoms. The number of carbonyl (C=O) groups excluding carboxylic acids is 1. The zero-order valence-electron chi connectivity index (χ0n) is 12.9. The summed E-state index contributed by atoms with van der Waals surface area (Å²) in [6, 6.07) is 10.6. The van der Waals surface area contributed by atoms with Crippen molar-refractivity contribution in [2.45, 2.75) is 50.5 Å². The third-order valence-electron chi connectivity index (χ3n) is 5.36. The van der Waals surface area contributed by atoms with Crippen LogP contribution in [0.25, 0.3) is 0 Å². The lowest BCUT2D eigenvalue weighted by atomic mass is 9.77.